The molecule has 6 heteroatoms. The molecule has 23 heavy (non-hydrogen) atoms. The summed E-state index contributed by atoms with van der Waals surface area (Å²) < 4.78 is 23.4. The van der Waals surface area contributed by atoms with Crippen LogP contribution in [0.4, 0.5) is 10.1 Å². The summed E-state index contributed by atoms with van der Waals surface area (Å²) in [5.74, 6) is 0.281. The molecule has 2 rings (SSSR count). The van der Waals surface area contributed by atoms with Crippen molar-refractivity contribution in [3.8, 4) is 11.5 Å². The lowest BCUT2D eigenvalue weighted by Gasteiger charge is -2.07. The highest BCUT2D eigenvalue weighted by Crippen LogP contribution is 2.28. The predicted octanol–water partition coefficient (Wildman–Crippen LogP) is 4.15. The monoisotopic (exact) mass is 335 g/mol. The van der Waals surface area contributed by atoms with Crippen molar-refractivity contribution < 1.29 is 18.7 Å². The summed E-state index contributed by atoms with van der Waals surface area (Å²) in [5, 5.41) is 2.55. The molecule has 0 saturated heterocycles. The number of benzene rings is 2. The van der Waals surface area contributed by atoms with E-state index in [4.69, 9.17) is 21.1 Å². The first-order valence-corrected chi connectivity index (χ1v) is 7.07. The second kappa shape index (κ2) is 7.65. The molecule has 2 aromatic rings. The van der Waals surface area contributed by atoms with E-state index >= 15 is 0 Å². The molecule has 0 spiro atoms. The molecule has 1 N–H and O–H groups in total. The van der Waals surface area contributed by atoms with Gasteiger partial charge < -0.3 is 14.8 Å². The lowest BCUT2D eigenvalue weighted by molar-refractivity contribution is -0.111. The second-order valence-corrected chi connectivity index (χ2v) is 4.97. The Morgan fingerprint density at radius 1 is 1.13 bits per heavy atom. The normalized spacial score (nSPS) is 10.6. The van der Waals surface area contributed by atoms with Gasteiger partial charge in [0.25, 0.3) is 0 Å². The lowest BCUT2D eigenvalue weighted by atomic mass is 10.2. The third kappa shape index (κ3) is 4.47. The highest BCUT2D eigenvalue weighted by atomic mass is 35.5. The first-order valence-electron chi connectivity index (χ1n) is 6.69. The summed E-state index contributed by atoms with van der Waals surface area (Å²) in [7, 11) is 3.09. The third-order valence-electron chi connectivity index (χ3n) is 3.02. The standard InChI is InChI=1S/C17H15ClFNO3/c1-22-15-7-3-11(9-16(15)23-2)4-8-17(21)20-12-5-6-14(19)13(18)10-12/h3-10H,1-2H3,(H,20,21). The Labute approximate surface area is 138 Å². The topological polar surface area (TPSA) is 47.6 Å². The predicted molar refractivity (Wildman–Crippen MR) is 88.6 cm³/mol. The van der Waals surface area contributed by atoms with Crippen LogP contribution in [-0.4, -0.2) is 20.1 Å². The van der Waals surface area contributed by atoms with Crippen LogP contribution in [0.15, 0.2) is 42.5 Å². The average molecular weight is 336 g/mol. The number of halogens is 2. The first kappa shape index (κ1) is 16.8. The van der Waals surface area contributed by atoms with Gasteiger partial charge in [0.15, 0.2) is 11.5 Å². The molecule has 0 radical (unpaired) electrons. The van der Waals surface area contributed by atoms with E-state index < -0.39 is 5.82 Å². The molecule has 0 bridgehead atoms. The van der Waals surface area contributed by atoms with Crippen LogP contribution in [-0.2, 0) is 4.79 Å². The number of carbonyl (C=O) groups excluding carboxylic acids is 1. The summed E-state index contributed by atoms with van der Waals surface area (Å²) in [6.07, 6.45) is 2.99. The van der Waals surface area contributed by atoms with Gasteiger partial charge in [0.2, 0.25) is 5.91 Å². The van der Waals surface area contributed by atoms with Gasteiger partial charge in [-0.15, -0.1) is 0 Å². The van der Waals surface area contributed by atoms with Crippen molar-refractivity contribution in [2.45, 2.75) is 0 Å². The number of nitrogens with one attached hydrogen (secondary N) is 1. The molecule has 0 saturated carbocycles. The Kier molecular flexibility index (Phi) is 5.60. The minimum atomic E-state index is -0.537. The van der Waals surface area contributed by atoms with Crippen LogP contribution in [0.3, 0.4) is 0 Å². The van der Waals surface area contributed by atoms with Crippen LogP contribution in [0, 0.1) is 5.82 Å². The fourth-order valence-corrected chi connectivity index (χ4v) is 2.07. The Bertz CT molecular complexity index is 747. The molecule has 0 aliphatic rings. The molecule has 0 atom stereocenters. The van der Waals surface area contributed by atoms with Crippen molar-refractivity contribution >= 4 is 29.3 Å². The Balaban J connectivity index is 2.07. The summed E-state index contributed by atoms with van der Waals surface area (Å²) in [6.45, 7) is 0. The Morgan fingerprint density at radius 3 is 2.52 bits per heavy atom. The van der Waals surface area contributed by atoms with Crippen molar-refractivity contribution in [2.24, 2.45) is 0 Å². The highest BCUT2D eigenvalue weighted by Gasteiger charge is 2.05. The number of ether oxygens (including phenoxy) is 2. The molecule has 0 aromatic heterocycles. The summed E-state index contributed by atoms with van der Waals surface area (Å²) >= 11 is 5.66. The van der Waals surface area contributed by atoms with Crippen molar-refractivity contribution in [3.63, 3.8) is 0 Å². The van der Waals surface area contributed by atoms with Gasteiger partial charge >= 0.3 is 0 Å². The average Bonchev–Trinajstić information content (AvgIpc) is 2.56. The van der Waals surface area contributed by atoms with Gasteiger partial charge in [-0.1, -0.05) is 17.7 Å². The molecular formula is C17H15ClFNO3. The quantitative estimate of drug-likeness (QED) is 0.835. The van der Waals surface area contributed by atoms with E-state index in [0.29, 0.717) is 17.2 Å². The number of rotatable bonds is 5. The lowest BCUT2D eigenvalue weighted by Crippen LogP contribution is -2.07. The molecule has 4 nitrogen and oxygen atoms in total. The van der Waals surface area contributed by atoms with Gasteiger partial charge in [0.1, 0.15) is 5.82 Å². The zero-order valence-electron chi connectivity index (χ0n) is 12.6. The molecule has 2 aromatic carbocycles. The number of hydrogen-bond donors (Lipinski definition) is 1. The van der Waals surface area contributed by atoms with Crippen LogP contribution < -0.4 is 14.8 Å². The van der Waals surface area contributed by atoms with Crippen molar-refractivity contribution in [2.75, 3.05) is 19.5 Å². The van der Waals surface area contributed by atoms with E-state index in [9.17, 15) is 9.18 Å². The minimum Gasteiger partial charge on any atom is -0.493 e. The van der Waals surface area contributed by atoms with Crippen molar-refractivity contribution in [1.29, 1.82) is 0 Å². The summed E-state index contributed by atoms with van der Waals surface area (Å²) in [6, 6.07) is 9.26. The fourth-order valence-electron chi connectivity index (χ4n) is 1.89. The maximum atomic E-state index is 13.1. The first-order chi connectivity index (χ1) is 11.0. The van der Waals surface area contributed by atoms with E-state index in [0.717, 1.165) is 5.56 Å². The number of anilines is 1. The maximum absolute atomic E-state index is 13.1. The molecule has 1 amide bonds. The number of hydrogen-bond acceptors (Lipinski definition) is 3. The van der Waals surface area contributed by atoms with Crippen LogP contribution in [0.25, 0.3) is 6.08 Å². The highest BCUT2D eigenvalue weighted by molar-refractivity contribution is 6.31. The molecule has 0 fully saturated rings. The number of carbonyl (C=O) groups is 1. The molecule has 0 heterocycles. The number of amides is 1. The van der Waals surface area contributed by atoms with Crippen molar-refractivity contribution in [1.82, 2.24) is 0 Å². The van der Waals surface area contributed by atoms with Crippen LogP contribution in [0.5, 0.6) is 11.5 Å². The Hall–Kier alpha value is -2.53. The van der Waals surface area contributed by atoms with E-state index in [1.807, 2.05) is 0 Å². The largest absolute Gasteiger partial charge is 0.493 e. The summed E-state index contributed by atoms with van der Waals surface area (Å²) in [4.78, 5) is 11.9. The molecule has 120 valence electrons. The number of methoxy groups -OCH3 is 2. The van der Waals surface area contributed by atoms with Gasteiger partial charge in [-0.3, -0.25) is 4.79 Å². The zero-order valence-corrected chi connectivity index (χ0v) is 13.4. The zero-order chi connectivity index (χ0) is 16.8. The van der Waals surface area contributed by atoms with Crippen LogP contribution >= 0.6 is 11.6 Å². The van der Waals surface area contributed by atoms with Crippen LogP contribution in [0.1, 0.15) is 5.56 Å². The van der Waals surface area contributed by atoms with Gasteiger partial charge in [-0.25, -0.2) is 4.39 Å². The molecule has 0 aliphatic heterocycles. The van der Waals surface area contributed by atoms with Gasteiger partial charge in [0.05, 0.1) is 19.2 Å². The van der Waals surface area contributed by atoms with E-state index in [-0.39, 0.29) is 10.9 Å². The molecule has 0 unspecified atom stereocenters. The van der Waals surface area contributed by atoms with E-state index in [1.165, 1.54) is 31.4 Å². The smallest absolute Gasteiger partial charge is 0.248 e. The SMILES string of the molecule is COc1ccc(C=CC(=O)Nc2ccc(F)c(Cl)c2)cc1OC. The maximum Gasteiger partial charge on any atom is 0.248 e. The van der Waals surface area contributed by atoms with Gasteiger partial charge in [-0.2, -0.15) is 0 Å². The molecular weight excluding hydrogens is 321 g/mol. The second-order valence-electron chi connectivity index (χ2n) is 4.57. The van der Waals surface area contributed by atoms with E-state index in [2.05, 4.69) is 5.32 Å². The molecule has 0 aliphatic carbocycles. The fraction of sp³-hybridized carbons (Fsp3) is 0.118. The van der Waals surface area contributed by atoms with E-state index in [1.54, 1.807) is 31.4 Å². The van der Waals surface area contributed by atoms with Crippen molar-refractivity contribution in [3.05, 3.63) is 58.9 Å². The Morgan fingerprint density at radius 2 is 1.87 bits per heavy atom. The third-order valence-corrected chi connectivity index (χ3v) is 3.31. The summed E-state index contributed by atoms with van der Waals surface area (Å²) in [5.41, 5.74) is 1.19. The minimum absolute atomic E-state index is 0.0494. The van der Waals surface area contributed by atoms with Gasteiger partial charge in [-0.05, 0) is 42.0 Å². The van der Waals surface area contributed by atoms with Gasteiger partial charge in [0, 0.05) is 11.8 Å². The van der Waals surface area contributed by atoms with Crippen LogP contribution in [0.2, 0.25) is 5.02 Å².